The molecule has 0 aliphatic heterocycles. The van der Waals surface area contributed by atoms with E-state index in [0.29, 0.717) is 6.42 Å². The first kappa shape index (κ1) is 53.2. The molecule has 0 aliphatic rings. The molecule has 0 radical (unpaired) electrons. The number of carbonyl (C=O) groups excluding carboxylic acids is 1. The molecule has 0 rings (SSSR count). The van der Waals surface area contributed by atoms with E-state index in [9.17, 15) is 19.4 Å². The van der Waals surface area contributed by atoms with Crippen LogP contribution in [-0.4, -0.2) is 47.8 Å². The van der Waals surface area contributed by atoms with Gasteiger partial charge in [-0.1, -0.05) is 171 Å². The molecule has 320 valence electrons. The standard InChI is InChI=1S/C46H85N2O6P/c1-3-5-7-9-11-13-15-17-19-21-22-23-24-25-27-29-31-33-35-37-39-45(49)44(43-54-55(51,52)53-42-41-47)48-46(50)40-38-36-34-32-30-28-26-20-18-16-14-12-10-8-6-4-2/h14,16,20,23-24,26,29,31,37,39,44-45,49H,3-13,15,17-19,21-22,25,27-28,30,32-36,38,40-43,47H2,1-2H3,(H,48,50)(H,51,52)/b16-14-,24-23+,26-20-,31-29+,39-37+. The quantitative estimate of drug-likeness (QED) is 0.0275. The summed E-state index contributed by atoms with van der Waals surface area (Å²) < 4.78 is 22.1. The zero-order valence-electron chi connectivity index (χ0n) is 35.4. The minimum Gasteiger partial charge on any atom is -0.387 e. The van der Waals surface area contributed by atoms with Crippen molar-refractivity contribution in [2.45, 2.75) is 206 Å². The lowest BCUT2D eigenvalue weighted by molar-refractivity contribution is -0.123. The van der Waals surface area contributed by atoms with Gasteiger partial charge in [-0.15, -0.1) is 0 Å². The molecule has 3 atom stereocenters. The van der Waals surface area contributed by atoms with Gasteiger partial charge >= 0.3 is 7.82 Å². The van der Waals surface area contributed by atoms with Gasteiger partial charge < -0.3 is 21.1 Å². The molecule has 0 aromatic heterocycles. The van der Waals surface area contributed by atoms with Crippen LogP contribution in [0.2, 0.25) is 0 Å². The number of rotatable bonds is 41. The Balaban J connectivity index is 4.32. The maximum absolute atomic E-state index is 12.8. The van der Waals surface area contributed by atoms with E-state index in [1.54, 1.807) is 6.08 Å². The van der Waals surface area contributed by atoms with Crippen molar-refractivity contribution >= 4 is 13.7 Å². The van der Waals surface area contributed by atoms with Gasteiger partial charge in [-0.2, -0.15) is 0 Å². The second kappa shape index (κ2) is 41.8. The highest BCUT2D eigenvalue weighted by Crippen LogP contribution is 2.43. The number of aliphatic hydroxyl groups is 1. The lowest BCUT2D eigenvalue weighted by Gasteiger charge is -2.23. The van der Waals surface area contributed by atoms with Crippen molar-refractivity contribution < 1.29 is 28.4 Å². The van der Waals surface area contributed by atoms with Gasteiger partial charge in [0.05, 0.1) is 25.4 Å². The van der Waals surface area contributed by atoms with Crippen LogP contribution in [0.15, 0.2) is 60.8 Å². The Kier molecular flexibility index (Phi) is 40.5. The van der Waals surface area contributed by atoms with E-state index in [1.807, 2.05) is 6.08 Å². The highest BCUT2D eigenvalue weighted by atomic mass is 31.2. The fourth-order valence-electron chi connectivity index (χ4n) is 6.13. The summed E-state index contributed by atoms with van der Waals surface area (Å²) in [6.07, 6.45) is 52.7. The molecule has 0 saturated carbocycles. The van der Waals surface area contributed by atoms with Gasteiger partial charge in [0, 0.05) is 13.0 Å². The molecule has 5 N–H and O–H groups in total. The predicted molar refractivity (Wildman–Crippen MR) is 235 cm³/mol. The number of unbranched alkanes of at least 4 members (excludes halogenated alkanes) is 21. The number of hydrogen-bond acceptors (Lipinski definition) is 6. The van der Waals surface area contributed by atoms with E-state index < -0.39 is 20.0 Å². The molecule has 0 fully saturated rings. The van der Waals surface area contributed by atoms with Crippen LogP contribution >= 0.6 is 7.82 Å². The summed E-state index contributed by atoms with van der Waals surface area (Å²) in [5, 5.41) is 13.6. The largest absolute Gasteiger partial charge is 0.472 e. The summed E-state index contributed by atoms with van der Waals surface area (Å²) in [7, 11) is -4.36. The van der Waals surface area contributed by atoms with Crippen LogP contribution in [-0.2, 0) is 18.4 Å². The van der Waals surface area contributed by atoms with E-state index in [4.69, 9.17) is 14.8 Å². The molecule has 0 aromatic rings. The smallest absolute Gasteiger partial charge is 0.387 e. The average molecular weight is 793 g/mol. The van der Waals surface area contributed by atoms with Crippen LogP contribution in [0.1, 0.15) is 194 Å². The SMILES string of the molecule is CCCCCC/C=C\C/C=C\CCCCCCCC(=O)NC(COP(=O)(O)OCCN)C(O)/C=C/CC/C=C/CC/C=C/CCCCCCCCCCCC. The Morgan fingerprint density at radius 2 is 1.02 bits per heavy atom. The number of phosphoric ester groups is 1. The monoisotopic (exact) mass is 793 g/mol. The molecule has 0 aliphatic carbocycles. The normalized spacial score (nSPS) is 14.6. The maximum atomic E-state index is 12.8. The number of nitrogens with two attached hydrogens (primary N) is 1. The van der Waals surface area contributed by atoms with Gasteiger partial charge in [0.15, 0.2) is 0 Å². The molecular weight excluding hydrogens is 707 g/mol. The number of allylic oxidation sites excluding steroid dienone is 9. The molecule has 0 bridgehead atoms. The van der Waals surface area contributed by atoms with Crippen molar-refractivity contribution in [1.82, 2.24) is 5.32 Å². The molecular formula is C46H85N2O6P. The van der Waals surface area contributed by atoms with Crippen molar-refractivity contribution in [3.8, 4) is 0 Å². The number of nitrogens with one attached hydrogen (secondary N) is 1. The highest BCUT2D eigenvalue weighted by Gasteiger charge is 2.26. The second-order valence-electron chi connectivity index (χ2n) is 14.9. The van der Waals surface area contributed by atoms with E-state index in [0.717, 1.165) is 70.6 Å². The van der Waals surface area contributed by atoms with Gasteiger partial charge in [-0.25, -0.2) is 4.57 Å². The van der Waals surface area contributed by atoms with Crippen LogP contribution < -0.4 is 11.1 Å². The first-order valence-electron chi connectivity index (χ1n) is 22.4. The van der Waals surface area contributed by atoms with Crippen LogP contribution in [0, 0.1) is 0 Å². The Morgan fingerprint density at radius 1 is 0.600 bits per heavy atom. The number of carbonyl (C=O) groups is 1. The summed E-state index contributed by atoms with van der Waals surface area (Å²) in [6, 6.07) is -0.893. The maximum Gasteiger partial charge on any atom is 0.472 e. The van der Waals surface area contributed by atoms with Crippen LogP contribution in [0.4, 0.5) is 0 Å². The lowest BCUT2D eigenvalue weighted by Crippen LogP contribution is -2.45. The molecule has 9 heteroatoms. The molecule has 3 unspecified atom stereocenters. The third-order valence-electron chi connectivity index (χ3n) is 9.54. The predicted octanol–water partition coefficient (Wildman–Crippen LogP) is 12.7. The molecule has 0 spiro atoms. The number of aliphatic hydroxyl groups excluding tert-OH is 1. The minimum atomic E-state index is -4.36. The number of hydrogen-bond donors (Lipinski definition) is 4. The zero-order chi connectivity index (χ0) is 40.3. The van der Waals surface area contributed by atoms with E-state index in [2.05, 4.69) is 67.8 Å². The molecule has 8 nitrogen and oxygen atoms in total. The second-order valence-corrected chi connectivity index (χ2v) is 16.3. The summed E-state index contributed by atoms with van der Waals surface area (Å²) in [5.74, 6) is -0.224. The molecule has 1 amide bonds. The van der Waals surface area contributed by atoms with Crippen LogP contribution in [0.5, 0.6) is 0 Å². The highest BCUT2D eigenvalue weighted by molar-refractivity contribution is 7.47. The van der Waals surface area contributed by atoms with E-state index in [-0.39, 0.29) is 25.7 Å². The van der Waals surface area contributed by atoms with E-state index in [1.165, 1.54) is 103 Å². The summed E-state index contributed by atoms with van der Waals surface area (Å²) >= 11 is 0. The first-order valence-corrected chi connectivity index (χ1v) is 23.9. The Morgan fingerprint density at radius 3 is 1.53 bits per heavy atom. The Bertz CT molecular complexity index is 1040. The van der Waals surface area contributed by atoms with Crippen LogP contribution in [0.25, 0.3) is 0 Å². The van der Waals surface area contributed by atoms with Gasteiger partial charge in [-0.05, 0) is 77.0 Å². The van der Waals surface area contributed by atoms with Gasteiger partial charge in [0.25, 0.3) is 0 Å². The summed E-state index contributed by atoms with van der Waals surface area (Å²) in [5.41, 5.74) is 5.37. The number of amides is 1. The van der Waals surface area contributed by atoms with Gasteiger partial charge in [0.2, 0.25) is 5.91 Å². The van der Waals surface area contributed by atoms with Gasteiger partial charge in [0.1, 0.15) is 0 Å². The molecule has 0 saturated heterocycles. The number of phosphoric acid groups is 1. The van der Waals surface area contributed by atoms with Crippen molar-refractivity contribution in [1.29, 1.82) is 0 Å². The molecule has 0 aromatic carbocycles. The lowest BCUT2D eigenvalue weighted by atomic mass is 10.1. The van der Waals surface area contributed by atoms with Crippen molar-refractivity contribution in [2.75, 3.05) is 19.8 Å². The summed E-state index contributed by atoms with van der Waals surface area (Å²) in [6.45, 7) is 4.07. The topological polar surface area (TPSA) is 131 Å². The van der Waals surface area contributed by atoms with Crippen LogP contribution in [0.3, 0.4) is 0 Å². The fraction of sp³-hybridized carbons (Fsp3) is 0.761. The third-order valence-corrected chi connectivity index (χ3v) is 10.5. The minimum absolute atomic E-state index is 0.0671. The Hall–Kier alpha value is -1.80. The van der Waals surface area contributed by atoms with Crippen molar-refractivity contribution in [2.24, 2.45) is 5.73 Å². The van der Waals surface area contributed by atoms with Gasteiger partial charge in [-0.3, -0.25) is 13.8 Å². The van der Waals surface area contributed by atoms with E-state index >= 15 is 0 Å². The van der Waals surface area contributed by atoms with Crippen molar-refractivity contribution in [3.63, 3.8) is 0 Å². The van der Waals surface area contributed by atoms with Crippen molar-refractivity contribution in [3.05, 3.63) is 60.8 Å². The summed E-state index contributed by atoms with van der Waals surface area (Å²) in [4.78, 5) is 22.7. The fourth-order valence-corrected chi connectivity index (χ4v) is 6.89. The average Bonchev–Trinajstić information content (AvgIpc) is 3.17. The first-order chi connectivity index (χ1) is 26.9. The third kappa shape index (κ3) is 40.2. The molecule has 55 heavy (non-hydrogen) atoms. The Labute approximate surface area is 338 Å². The zero-order valence-corrected chi connectivity index (χ0v) is 36.3. The molecule has 0 heterocycles.